The van der Waals surface area contributed by atoms with E-state index in [1.54, 1.807) is 18.2 Å². The van der Waals surface area contributed by atoms with Crippen LogP contribution in [-0.2, 0) is 4.79 Å². The van der Waals surface area contributed by atoms with Crippen molar-refractivity contribution in [3.8, 4) is 17.6 Å². The molecular formula is C30H28F5N3O3. The SMILES string of the molecule is N#Cc1ccc(OCCCCCCCCCCC(=O)Oc2c(F)c(F)c(F)c(F)c2F)c(N=Nc2ccccc2)c1. The van der Waals surface area contributed by atoms with Crippen molar-refractivity contribution < 1.29 is 36.2 Å². The molecule has 0 bridgehead atoms. The summed E-state index contributed by atoms with van der Waals surface area (Å²) in [4.78, 5) is 11.8. The van der Waals surface area contributed by atoms with Gasteiger partial charge in [0.1, 0.15) is 11.4 Å². The quantitative estimate of drug-likeness (QED) is 0.0345. The van der Waals surface area contributed by atoms with Crippen LogP contribution < -0.4 is 9.47 Å². The Kier molecular flexibility index (Phi) is 12.2. The molecule has 0 saturated carbocycles. The summed E-state index contributed by atoms with van der Waals surface area (Å²) in [6.45, 7) is 0.477. The highest BCUT2D eigenvalue weighted by atomic mass is 19.2. The molecule has 3 aromatic carbocycles. The van der Waals surface area contributed by atoms with Gasteiger partial charge in [0.05, 0.1) is 23.9 Å². The molecule has 0 saturated heterocycles. The van der Waals surface area contributed by atoms with E-state index in [0.29, 0.717) is 42.1 Å². The molecular weight excluding hydrogens is 545 g/mol. The predicted octanol–water partition coefficient (Wildman–Crippen LogP) is 9.16. The second kappa shape index (κ2) is 16.1. The zero-order valence-corrected chi connectivity index (χ0v) is 22.1. The highest BCUT2D eigenvalue weighted by molar-refractivity contribution is 5.72. The van der Waals surface area contributed by atoms with E-state index in [1.165, 1.54) is 0 Å². The first kappa shape index (κ1) is 31.2. The first-order valence-corrected chi connectivity index (χ1v) is 13.2. The number of hydrogen-bond donors (Lipinski definition) is 0. The molecule has 0 amide bonds. The molecule has 41 heavy (non-hydrogen) atoms. The fraction of sp³-hybridized carbons (Fsp3) is 0.333. The van der Waals surface area contributed by atoms with Crippen LogP contribution in [0.2, 0.25) is 0 Å². The van der Waals surface area contributed by atoms with Crippen molar-refractivity contribution in [1.82, 2.24) is 0 Å². The molecule has 0 aromatic heterocycles. The van der Waals surface area contributed by atoms with Gasteiger partial charge < -0.3 is 9.47 Å². The van der Waals surface area contributed by atoms with Crippen molar-refractivity contribution in [3.63, 3.8) is 0 Å². The number of nitrogens with zero attached hydrogens (tertiary/aromatic N) is 3. The Morgan fingerprint density at radius 3 is 1.95 bits per heavy atom. The van der Waals surface area contributed by atoms with Gasteiger partial charge >= 0.3 is 5.97 Å². The third kappa shape index (κ3) is 9.38. The van der Waals surface area contributed by atoms with Gasteiger partial charge in [0.15, 0.2) is 0 Å². The second-order valence-electron chi connectivity index (χ2n) is 9.13. The second-order valence-corrected chi connectivity index (χ2v) is 9.13. The molecule has 0 unspecified atom stereocenters. The van der Waals surface area contributed by atoms with Gasteiger partial charge in [-0.05, 0) is 43.2 Å². The normalized spacial score (nSPS) is 11.0. The van der Waals surface area contributed by atoms with Crippen molar-refractivity contribution in [2.75, 3.05) is 6.61 Å². The molecule has 11 heteroatoms. The molecule has 0 fully saturated rings. The van der Waals surface area contributed by atoms with Crippen molar-refractivity contribution in [2.45, 2.75) is 57.8 Å². The standard InChI is InChI=1S/C30H28F5N3O3/c31-25-26(32)28(34)30(29(35)27(25)33)41-24(39)14-10-5-3-1-2-4-6-11-17-40-23-16-15-20(19-36)18-22(23)38-37-21-12-8-7-9-13-21/h7-9,12-13,15-16,18H,1-6,10-11,14,17H2. The number of nitriles is 1. The molecule has 3 rings (SSSR count). The summed E-state index contributed by atoms with van der Waals surface area (Å²) in [5.74, 6) is -13.1. The van der Waals surface area contributed by atoms with E-state index in [0.717, 1.165) is 38.5 Å². The number of rotatable bonds is 15. The average Bonchev–Trinajstić information content (AvgIpc) is 2.99. The number of carbonyl (C=O) groups is 1. The Morgan fingerprint density at radius 1 is 0.732 bits per heavy atom. The Hall–Kier alpha value is -4.33. The fourth-order valence-corrected chi connectivity index (χ4v) is 3.85. The summed E-state index contributed by atoms with van der Waals surface area (Å²) < 4.78 is 76.9. The third-order valence-electron chi connectivity index (χ3n) is 6.04. The summed E-state index contributed by atoms with van der Waals surface area (Å²) in [5.41, 5.74) is 1.62. The highest BCUT2D eigenvalue weighted by Gasteiger charge is 2.28. The Balaban J connectivity index is 1.29. The zero-order chi connectivity index (χ0) is 29.6. The van der Waals surface area contributed by atoms with Crippen LogP contribution in [0.5, 0.6) is 11.5 Å². The smallest absolute Gasteiger partial charge is 0.311 e. The van der Waals surface area contributed by atoms with E-state index in [1.807, 2.05) is 30.3 Å². The summed E-state index contributed by atoms with van der Waals surface area (Å²) in [6.07, 6.45) is 6.21. The molecule has 0 aliphatic rings. The topological polar surface area (TPSA) is 84.0 Å². The molecule has 0 atom stereocenters. The molecule has 0 aliphatic heterocycles. The van der Waals surface area contributed by atoms with Gasteiger partial charge in [-0.3, -0.25) is 4.79 Å². The van der Waals surface area contributed by atoms with Crippen molar-refractivity contribution in [2.24, 2.45) is 10.2 Å². The maximum atomic E-state index is 13.6. The monoisotopic (exact) mass is 573 g/mol. The number of azo groups is 1. The number of unbranched alkanes of at least 4 members (excludes halogenated alkanes) is 7. The van der Waals surface area contributed by atoms with Crippen LogP contribution in [0.4, 0.5) is 33.3 Å². The minimum Gasteiger partial charge on any atom is -0.491 e. The summed E-state index contributed by atoms with van der Waals surface area (Å²) in [7, 11) is 0. The molecule has 0 N–H and O–H groups in total. The molecule has 0 heterocycles. The first-order chi connectivity index (χ1) is 19.8. The van der Waals surface area contributed by atoms with Gasteiger partial charge in [0.25, 0.3) is 0 Å². The van der Waals surface area contributed by atoms with Crippen molar-refractivity contribution >= 4 is 17.3 Å². The number of hydrogen-bond acceptors (Lipinski definition) is 6. The Labute approximate surface area is 234 Å². The van der Waals surface area contributed by atoms with Crippen LogP contribution in [0.3, 0.4) is 0 Å². The van der Waals surface area contributed by atoms with Crippen LogP contribution in [0.1, 0.15) is 63.4 Å². The van der Waals surface area contributed by atoms with Crippen molar-refractivity contribution in [1.29, 1.82) is 5.26 Å². The number of halogens is 5. The minimum atomic E-state index is -2.31. The van der Waals surface area contributed by atoms with Crippen LogP contribution in [-0.4, -0.2) is 12.6 Å². The Morgan fingerprint density at radius 2 is 1.32 bits per heavy atom. The lowest BCUT2D eigenvalue weighted by molar-refractivity contribution is -0.135. The molecule has 216 valence electrons. The van der Waals surface area contributed by atoms with Crippen LogP contribution in [0.15, 0.2) is 58.8 Å². The third-order valence-corrected chi connectivity index (χ3v) is 6.04. The maximum absolute atomic E-state index is 13.6. The fourth-order valence-electron chi connectivity index (χ4n) is 3.85. The van der Waals surface area contributed by atoms with Gasteiger partial charge in [0, 0.05) is 6.42 Å². The van der Waals surface area contributed by atoms with Gasteiger partial charge in [-0.15, -0.1) is 5.11 Å². The van der Waals surface area contributed by atoms with Gasteiger partial charge in [-0.1, -0.05) is 56.7 Å². The Bertz CT molecular complexity index is 1370. The van der Waals surface area contributed by atoms with E-state index < -0.39 is 40.8 Å². The number of esters is 1. The highest BCUT2D eigenvalue weighted by Crippen LogP contribution is 2.31. The molecule has 0 spiro atoms. The molecule has 6 nitrogen and oxygen atoms in total. The summed E-state index contributed by atoms with van der Waals surface area (Å²) in [6, 6.07) is 16.3. The van der Waals surface area contributed by atoms with E-state index in [2.05, 4.69) is 21.0 Å². The predicted molar refractivity (Wildman–Crippen MR) is 141 cm³/mol. The number of benzene rings is 3. The average molecular weight is 574 g/mol. The van der Waals surface area contributed by atoms with Crippen LogP contribution in [0.25, 0.3) is 0 Å². The molecule has 3 aromatic rings. The van der Waals surface area contributed by atoms with Gasteiger partial charge in [-0.25, -0.2) is 13.2 Å². The number of ether oxygens (including phenoxy) is 2. The summed E-state index contributed by atoms with van der Waals surface area (Å²) >= 11 is 0. The van der Waals surface area contributed by atoms with E-state index in [4.69, 9.17) is 4.74 Å². The minimum absolute atomic E-state index is 0.209. The van der Waals surface area contributed by atoms with Crippen molar-refractivity contribution in [3.05, 3.63) is 83.2 Å². The molecule has 0 radical (unpaired) electrons. The van der Waals surface area contributed by atoms with Crippen LogP contribution >= 0.6 is 0 Å². The number of carbonyl (C=O) groups excluding carboxylic acids is 1. The van der Waals surface area contributed by atoms with Gasteiger partial charge in [0.2, 0.25) is 34.8 Å². The zero-order valence-electron chi connectivity index (χ0n) is 22.1. The van der Waals surface area contributed by atoms with E-state index in [-0.39, 0.29) is 6.42 Å². The van der Waals surface area contributed by atoms with E-state index in [9.17, 15) is 32.0 Å². The largest absolute Gasteiger partial charge is 0.491 e. The first-order valence-electron chi connectivity index (χ1n) is 13.2. The lowest BCUT2D eigenvalue weighted by Gasteiger charge is -2.09. The lowest BCUT2D eigenvalue weighted by Crippen LogP contribution is -2.13. The maximum Gasteiger partial charge on any atom is 0.311 e. The summed E-state index contributed by atoms with van der Waals surface area (Å²) in [5, 5.41) is 17.6. The van der Waals surface area contributed by atoms with Crippen LogP contribution in [0, 0.1) is 40.4 Å². The molecule has 0 aliphatic carbocycles. The van der Waals surface area contributed by atoms with Gasteiger partial charge in [-0.2, -0.15) is 19.2 Å². The van der Waals surface area contributed by atoms with E-state index >= 15 is 0 Å². The lowest BCUT2D eigenvalue weighted by atomic mass is 10.1.